The largest absolute Gasteiger partial charge is 0.436 e. The lowest BCUT2D eigenvalue weighted by atomic mass is 10.4. The summed E-state index contributed by atoms with van der Waals surface area (Å²) in [5.74, 6) is 2.19. The van der Waals surface area contributed by atoms with E-state index in [9.17, 15) is 0 Å². The van der Waals surface area contributed by atoms with Crippen LogP contribution in [-0.4, -0.2) is 19.3 Å². The molecule has 2 nitrogen and oxygen atoms in total. The van der Waals surface area contributed by atoms with Gasteiger partial charge in [-0.3, -0.25) is 0 Å². The maximum absolute atomic E-state index is 7.88. The highest BCUT2D eigenvalue weighted by molar-refractivity contribution is 6.15. The Morgan fingerprint density at radius 3 is 2.83 bits per heavy atom. The Kier molecular flexibility index (Phi) is 4.20. The molecule has 0 unspecified atom stereocenters. The van der Waals surface area contributed by atoms with E-state index in [2.05, 4.69) is 10.6 Å². The highest BCUT2D eigenvalue weighted by atomic mass is 16.5. The second-order valence-electron chi connectivity index (χ2n) is 0.682. The van der Waals surface area contributed by atoms with Gasteiger partial charge >= 0.3 is 7.69 Å². The first-order chi connectivity index (χ1) is 2.91. The molecule has 0 heterocycles. The molecule has 0 aliphatic rings. The number of terminal acetylenes is 1. The van der Waals surface area contributed by atoms with Crippen LogP contribution in [-0.2, 0) is 4.65 Å². The molecule has 3 heteroatoms. The van der Waals surface area contributed by atoms with Gasteiger partial charge in [0.1, 0.15) is 0 Å². The lowest BCUT2D eigenvalue weighted by Crippen LogP contribution is -1.95. The van der Waals surface area contributed by atoms with Crippen LogP contribution in [0.25, 0.3) is 0 Å². The maximum atomic E-state index is 7.88. The molecule has 0 amide bonds. The predicted octanol–water partition coefficient (Wildman–Crippen LogP) is -1.10. The maximum Gasteiger partial charge on any atom is 0.436 e. The van der Waals surface area contributed by atoms with Crippen molar-refractivity contribution in [2.75, 3.05) is 6.61 Å². The van der Waals surface area contributed by atoms with Crippen molar-refractivity contribution < 1.29 is 9.68 Å². The van der Waals surface area contributed by atoms with Crippen LogP contribution in [0.2, 0.25) is 0 Å². The van der Waals surface area contributed by atoms with Crippen molar-refractivity contribution in [2.24, 2.45) is 0 Å². The molecule has 0 aromatic rings. The van der Waals surface area contributed by atoms with Gasteiger partial charge in [-0.15, -0.1) is 6.42 Å². The van der Waals surface area contributed by atoms with Gasteiger partial charge in [0, 0.05) is 0 Å². The molecule has 0 aliphatic carbocycles. The van der Waals surface area contributed by atoms with E-state index in [1.165, 1.54) is 0 Å². The molecule has 0 rings (SSSR count). The minimum Gasteiger partial charge on any atom is -0.430 e. The average molecular weight is 83.9 g/mol. The van der Waals surface area contributed by atoms with E-state index in [4.69, 9.17) is 11.4 Å². The van der Waals surface area contributed by atoms with Crippen LogP contribution < -0.4 is 0 Å². The second-order valence-corrected chi connectivity index (χ2v) is 0.682. The van der Waals surface area contributed by atoms with Crippen molar-refractivity contribution in [3.8, 4) is 12.3 Å². The van der Waals surface area contributed by atoms with Crippen molar-refractivity contribution in [1.82, 2.24) is 0 Å². The topological polar surface area (TPSA) is 29.5 Å². The van der Waals surface area contributed by atoms with E-state index in [0.717, 1.165) is 0 Å². The van der Waals surface area contributed by atoms with Crippen molar-refractivity contribution in [3.63, 3.8) is 0 Å². The van der Waals surface area contributed by atoms with Crippen molar-refractivity contribution in [1.29, 1.82) is 0 Å². The summed E-state index contributed by atoms with van der Waals surface area (Å²) in [6.45, 7) is 0.191. The van der Waals surface area contributed by atoms with Gasteiger partial charge in [-0.2, -0.15) is 0 Å². The second kappa shape index (κ2) is 4.54. The van der Waals surface area contributed by atoms with Crippen molar-refractivity contribution in [3.05, 3.63) is 0 Å². The molecular weight excluding hydrogens is 78.8 g/mol. The van der Waals surface area contributed by atoms with Crippen LogP contribution in [0.15, 0.2) is 0 Å². The third kappa shape index (κ3) is 3.54. The summed E-state index contributed by atoms with van der Waals surface area (Å²) in [5.41, 5.74) is 0. The lowest BCUT2D eigenvalue weighted by Gasteiger charge is -1.83. The fourth-order valence-electron chi connectivity index (χ4n) is 0.105. The van der Waals surface area contributed by atoms with Gasteiger partial charge in [0.2, 0.25) is 0 Å². The summed E-state index contributed by atoms with van der Waals surface area (Å²) in [4.78, 5) is 0. The minimum atomic E-state index is -0.288. The quantitative estimate of drug-likeness (QED) is 0.261. The third-order valence-corrected chi connectivity index (χ3v) is 0.277. The molecule has 0 spiro atoms. The molecule has 1 N–H and O–H groups in total. The van der Waals surface area contributed by atoms with Gasteiger partial charge in [-0.1, -0.05) is 5.92 Å². The third-order valence-electron chi connectivity index (χ3n) is 0.277. The Morgan fingerprint density at radius 1 is 2.00 bits per heavy atom. The van der Waals surface area contributed by atoms with Gasteiger partial charge in [0.05, 0.1) is 6.61 Å². The number of rotatable bonds is 2. The van der Waals surface area contributed by atoms with Gasteiger partial charge in [-0.25, -0.2) is 0 Å². The van der Waals surface area contributed by atoms with E-state index in [-0.39, 0.29) is 14.3 Å². The van der Waals surface area contributed by atoms with Gasteiger partial charge in [0.25, 0.3) is 0 Å². The molecule has 0 fully saturated rings. The Labute approximate surface area is 37.4 Å². The molecule has 6 heavy (non-hydrogen) atoms. The number of hydrogen-bond acceptors (Lipinski definition) is 2. The Bertz CT molecular complexity index is 56.3. The lowest BCUT2D eigenvalue weighted by molar-refractivity contribution is 0.326. The zero-order chi connectivity index (χ0) is 4.83. The molecular formula is C3H5BO2. The molecule has 0 aliphatic heterocycles. The molecule has 0 bridgehead atoms. The van der Waals surface area contributed by atoms with E-state index in [0.29, 0.717) is 0 Å². The first kappa shape index (κ1) is 5.54. The van der Waals surface area contributed by atoms with E-state index < -0.39 is 0 Å². The Balaban J connectivity index is 2.54. The van der Waals surface area contributed by atoms with Crippen LogP contribution in [0.5, 0.6) is 0 Å². The standard InChI is InChI=1S/C3H5BO2/c1-2-3-6-4-5/h1,4-5H,3H2. The molecule has 0 saturated carbocycles. The summed E-state index contributed by atoms with van der Waals surface area (Å²) >= 11 is 0. The van der Waals surface area contributed by atoms with Gasteiger partial charge in [-0.05, 0) is 0 Å². The SMILES string of the molecule is C#CCOBO. The summed E-state index contributed by atoms with van der Waals surface area (Å²) in [7, 11) is -0.288. The van der Waals surface area contributed by atoms with Gasteiger partial charge < -0.3 is 9.68 Å². The average Bonchev–Trinajstić information content (AvgIpc) is 1.61. The molecule has 0 saturated heterocycles. The summed E-state index contributed by atoms with van der Waals surface area (Å²) in [6.07, 6.45) is 4.73. The van der Waals surface area contributed by atoms with Crippen LogP contribution in [0.4, 0.5) is 0 Å². The first-order valence-corrected chi connectivity index (χ1v) is 1.54. The van der Waals surface area contributed by atoms with Crippen molar-refractivity contribution >= 4 is 7.69 Å². The van der Waals surface area contributed by atoms with E-state index in [1.807, 2.05) is 0 Å². The summed E-state index contributed by atoms with van der Waals surface area (Å²) in [6, 6.07) is 0. The fourth-order valence-corrected chi connectivity index (χ4v) is 0.105. The van der Waals surface area contributed by atoms with Crippen LogP contribution >= 0.6 is 0 Å². The van der Waals surface area contributed by atoms with Crippen LogP contribution in [0.1, 0.15) is 0 Å². The number of hydrogen-bond donors (Lipinski definition) is 1. The molecule has 0 atom stereocenters. The van der Waals surface area contributed by atoms with E-state index >= 15 is 0 Å². The van der Waals surface area contributed by atoms with Crippen molar-refractivity contribution in [2.45, 2.75) is 0 Å². The molecule has 0 aromatic carbocycles. The van der Waals surface area contributed by atoms with Gasteiger partial charge in [0.15, 0.2) is 0 Å². The Morgan fingerprint density at radius 2 is 2.67 bits per heavy atom. The molecule has 32 valence electrons. The smallest absolute Gasteiger partial charge is 0.430 e. The van der Waals surface area contributed by atoms with E-state index in [1.54, 1.807) is 0 Å². The fraction of sp³-hybridized carbons (Fsp3) is 0.333. The highest BCUT2D eigenvalue weighted by Gasteiger charge is 1.74. The minimum absolute atomic E-state index is 0.191. The molecule has 0 radical (unpaired) electrons. The van der Waals surface area contributed by atoms with Crippen LogP contribution in [0.3, 0.4) is 0 Å². The van der Waals surface area contributed by atoms with Crippen LogP contribution in [0, 0.1) is 12.3 Å². The summed E-state index contributed by atoms with van der Waals surface area (Å²) < 4.78 is 4.30. The zero-order valence-electron chi connectivity index (χ0n) is 3.35. The highest BCUT2D eigenvalue weighted by Crippen LogP contribution is 1.58. The predicted molar refractivity (Wildman–Crippen MR) is 24.2 cm³/mol. The summed E-state index contributed by atoms with van der Waals surface area (Å²) in [5, 5.41) is 7.88. The normalized spacial score (nSPS) is 6.67. The zero-order valence-corrected chi connectivity index (χ0v) is 3.35. The Hall–Kier alpha value is -0.455. The monoisotopic (exact) mass is 84.0 g/mol. The first-order valence-electron chi connectivity index (χ1n) is 1.54. The molecule has 0 aromatic heterocycles.